The molecule has 1 aliphatic rings. The number of halogens is 4. The summed E-state index contributed by atoms with van der Waals surface area (Å²) in [5.41, 5.74) is 0.468. The van der Waals surface area contributed by atoms with Crippen molar-refractivity contribution >= 4 is 29.1 Å². The van der Waals surface area contributed by atoms with Crippen LogP contribution in [0.2, 0.25) is 5.02 Å². The number of nitriles is 1. The van der Waals surface area contributed by atoms with Crippen LogP contribution in [-0.4, -0.2) is 52.5 Å². The van der Waals surface area contributed by atoms with Gasteiger partial charge in [-0.05, 0) is 23.8 Å². The van der Waals surface area contributed by atoms with Gasteiger partial charge in [-0.1, -0.05) is 11.6 Å². The van der Waals surface area contributed by atoms with Gasteiger partial charge in [-0.2, -0.15) is 5.26 Å². The van der Waals surface area contributed by atoms with E-state index >= 15 is 0 Å². The maximum absolute atomic E-state index is 13.6. The van der Waals surface area contributed by atoms with Crippen molar-refractivity contribution in [2.75, 3.05) is 13.2 Å². The first-order valence-corrected chi connectivity index (χ1v) is 10.6. The Kier molecular flexibility index (Phi) is 7.89. The first-order valence-electron chi connectivity index (χ1n) is 10.2. The van der Waals surface area contributed by atoms with Gasteiger partial charge in [0.25, 0.3) is 5.92 Å². The highest BCUT2D eigenvalue weighted by atomic mass is 35.5. The van der Waals surface area contributed by atoms with E-state index in [0.29, 0.717) is 5.56 Å². The summed E-state index contributed by atoms with van der Waals surface area (Å²) in [4.78, 5) is 42.1. The first-order chi connectivity index (χ1) is 16.1. The largest absolute Gasteiger partial charge is 0.486 e. The van der Waals surface area contributed by atoms with E-state index in [2.05, 4.69) is 4.98 Å². The van der Waals surface area contributed by atoms with Gasteiger partial charge in [-0.25, -0.2) is 13.2 Å². The molecule has 0 saturated carbocycles. The first kappa shape index (κ1) is 25.2. The summed E-state index contributed by atoms with van der Waals surface area (Å²) in [5, 5.41) is 8.93. The van der Waals surface area contributed by atoms with Gasteiger partial charge in [-0.3, -0.25) is 19.4 Å². The van der Waals surface area contributed by atoms with Gasteiger partial charge in [0.2, 0.25) is 5.91 Å². The van der Waals surface area contributed by atoms with Gasteiger partial charge in [-0.15, -0.1) is 0 Å². The van der Waals surface area contributed by atoms with Crippen LogP contribution in [-0.2, 0) is 16.0 Å². The third-order valence-corrected chi connectivity index (χ3v) is 5.49. The van der Waals surface area contributed by atoms with Crippen molar-refractivity contribution in [1.82, 2.24) is 9.88 Å². The highest BCUT2D eigenvalue weighted by molar-refractivity contribution is 6.30. The number of benzene rings is 1. The normalized spacial score (nSPS) is 16.7. The molecule has 1 atom stereocenters. The van der Waals surface area contributed by atoms with E-state index in [1.54, 1.807) is 6.07 Å². The zero-order chi connectivity index (χ0) is 24.9. The van der Waals surface area contributed by atoms with Crippen LogP contribution in [0.4, 0.5) is 13.2 Å². The molecule has 3 rings (SSSR count). The van der Waals surface area contributed by atoms with Crippen LogP contribution in [0.5, 0.6) is 5.75 Å². The minimum Gasteiger partial charge on any atom is -0.486 e. The molecule has 7 nitrogen and oxygen atoms in total. The average Bonchev–Trinajstić information content (AvgIpc) is 3.13. The molecule has 11 heteroatoms. The molecule has 1 amide bonds. The Hall–Kier alpha value is -3.45. The molecule has 1 saturated heterocycles. The fourth-order valence-electron chi connectivity index (χ4n) is 3.53. The molecule has 2 aromatic rings. The van der Waals surface area contributed by atoms with E-state index in [-0.39, 0.29) is 42.2 Å². The summed E-state index contributed by atoms with van der Waals surface area (Å²) < 4.78 is 45.8. The van der Waals surface area contributed by atoms with Crippen molar-refractivity contribution in [1.29, 1.82) is 5.26 Å². The van der Waals surface area contributed by atoms with Crippen molar-refractivity contribution in [2.24, 2.45) is 0 Å². The molecule has 34 heavy (non-hydrogen) atoms. The van der Waals surface area contributed by atoms with E-state index in [1.807, 2.05) is 0 Å². The lowest BCUT2D eigenvalue weighted by molar-refractivity contribution is -0.132. The third kappa shape index (κ3) is 6.32. The lowest BCUT2D eigenvalue weighted by Crippen LogP contribution is -2.36. The molecule has 1 fully saturated rings. The second kappa shape index (κ2) is 10.7. The number of ether oxygens (including phenoxy) is 1. The molecular weight excluding hydrogens is 475 g/mol. The van der Waals surface area contributed by atoms with E-state index in [0.717, 1.165) is 11.0 Å². The third-order valence-electron chi connectivity index (χ3n) is 5.19. The summed E-state index contributed by atoms with van der Waals surface area (Å²) in [6.45, 7) is -1.24. The number of hydrogen-bond acceptors (Lipinski definition) is 6. The fraction of sp³-hybridized carbons (Fsp3) is 0.348. The van der Waals surface area contributed by atoms with E-state index in [4.69, 9.17) is 21.6 Å². The molecule has 0 aliphatic carbocycles. The van der Waals surface area contributed by atoms with E-state index in [9.17, 15) is 27.6 Å². The quantitative estimate of drug-likeness (QED) is 0.493. The molecule has 0 unspecified atom stereocenters. The number of aromatic nitrogens is 1. The predicted molar refractivity (Wildman–Crippen MR) is 114 cm³/mol. The topological polar surface area (TPSA) is 100 Å². The summed E-state index contributed by atoms with van der Waals surface area (Å²) in [6.07, 6.45) is 1.11. The Morgan fingerprint density at radius 2 is 2.03 bits per heavy atom. The van der Waals surface area contributed by atoms with Crippen molar-refractivity contribution in [3.05, 3.63) is 58.6 Å². The predicted octanol–water partition coefficient (Wildman–Crippen LogP) is 3.79. The Bertz CT molecular complexity index is 1150. The standard InChI is InChI=1S/C23H19ClF3N3O4/c24-19-2-1-17(8-20(19)25)34-12-16(31)7-14-11-29-6-5-18(14)21(32)3-4-22(33)30-13-23(26,27)9-15(30)10-28/h1-2,5-6,8,11,15H,3-4,7,9,12-13H2/t15-/m0/s1. The molecule has 1 aromatic carbocycles. The van der Waals surface area contributed by atoms with E-state index < -0.39 is 48.2 Å². The maximum atomic E-state index is 13.6. The van der Waals surface area contributed by atoms with Crippen molar-refractivity contribution < 1.29 is 32.3 Å². The van der Waals surface area contributed by atoms with Crippen LogP contribution in [0.25, 0.3) is 0 Å². The molecule has 0 bridgehead atoms. The van der Waals surface area contributed by atoms with Crippen molar-refractivity contribution in [3.63, 3.8) is 0 Å². The minimum atomic E-state index is -3.14. The van der Waals surface area contributed by atoms with Gasteiger partial charge < -0.3 is 9.64 Å². The lowest BCUT2D eigenvalue weighted by atomic mass is 9.99. The number of nitrogens with zero attached hydrogens (tertiary/aromatic N) is 3. The highest BCUT2D eigenvalue weighted by Crippen LogP contribution is 2.32. The van der Waals surface area contributed by atoms with Gasteiger partial charge in [0.15, 0.2) is 11.6 Å². The zero-order valence-corrected chi connectivity index (χ0v) is 18.5. The van der Waals surface area contributed by atoms with Crippen LogP contribution in [0.1, 0.15) is 35.2 Å². The minimum absolute atomic E-state index is 0.0859. The number of likely N-dealkylation sites (tertiary alicyclic amines) is 1. The molecular formula is C23H19ClF3N3O4. The number of hydrogen-bond donors (Lipinski definition) is 0. The Labute approximate surface area is 198 Å². The fourth-order valence-corrected chi connectivity index (χ4v) is 3.64. The number of Topliss-reactive ketones (excluding diaryl/α,β-unsaturated/α-hetero) is 2. The number of ketones is 2. The monoisotopic (exact) mass is 493 g/mol. The van der Waals surface area contributed by atoms with Gasteiger partial charge in [0.05, 0.1) is 17.6 Å². The Morgan fingerprint density at radius 1 is 1.26 bits per heavy atom. The molecule has 1 aromatic heterocycles. The highest BCUT2D eigenvalue weighted by Gasteiger charge is 2.47. The van der Waals surface area contributed by atoms with E-state index in [1.165, 1.54) is 30.6 Å². The van der Waals surface area contributed by atoms with Crippen LogP contribution in [0.3, 0.4) is 0 Å². The molecule has 178 valence electrons. The average molecular weight is 494 g/mol. The van der Waals surface area contributed by atoms with Crippen LogP contribution in [0, 0.1) is 17.1 Å². The number of pyridine rings is 1. The molecule has 0 spiro atoms. The Balaban J connectivity index is 1.58. The van der Waals surface area contributed by atoms with Gasteiger partial charge >= 0.3 is 0 Å². The maximum Gasteiger partial charge on any atom is 0.268 e. The number of rotatable bonds is 9. The van der Waals surface area contributed by atoms with Crippen LogP contribution < -0.4 is 4.74 Å². The Morgan fingerprint density at radius 3 is 2.74 bits per heavy atom. The molecule has 2 heterocycles. The van der Waals surface area contributed by atoms with Crippen LogP contribution >= 0.6 is 11.6 Å². The van der Waals surface area contributed by atoms with Gasteiger partial charge in [0.1, 0.15) is 24.2 Å². The number of carbonyl (C=O) groups excluding carboxylic acids is 3. The summed E-state index contributed by atoms with van der Waals surface area (Å²) in [5.74, 6) is -5.33. The SMILES string of the molecule is N#C[C@@H]1CC(F)(F)CN1C(=O)CCC(=O)c1ccncc1CC(=O)COc1ccc(Cl)c(F)c1. The second-order valence-electron chi connectivity index (χ2n) is 7.76. The lowest BCUT2D eigenvalue weighted by Gasteiger charge is -2.19. The summed E-state index contributed by atoms with van der Waals surface area (Å²) in [7, 11) is 0. The zero-order valence-electron chi connectivity index (χ0n) is 17.8. The number of alkyl halides is 2. The summed E-state index contributed by atoms with van der Waals surface area (Å²) in [6, 6.07) is 5.58. The molecule has 1 aliphatic heterocycles. The summed E-state index contributed by atoms with van der Waals surface area (Å²) >= 11 is 5.60. The van der Waals surface area contributed by atoms with Crippen LogP contribution in [0.15, 0.2) is 36.7 Å². The number of amides is 1. The van der Waals surface area contributed by atoms with Crippen molar-refractivity contribution in [3.8, 4) is 11.8 Å². The molecule has 0 N–H and O–H groups in total. The second-order valence-corrected chi connectivity index (χ2v) is 8.17. The number of carbonyl (C=O) groups is 3. The van der Waals surface area contributed by atoms with Crippen molar-refractivity contribution in [2.45, 2.75) is 37.6 Å². The van der Waals surface area contributed by atoms with Gasteiger partial charge in [0, 0.05) is 49.7 Å². The molecule has 0 radical (unpaired) electrons. The smallest absolute Gasteiger partial charge is 0.268 e.